The van der Waals surface area contributed by atoms with Crippen molar-refractivity contribution in [3.8, 4) is 17.6 Å². The van der Waals surface area contributed by atoms with Crippen molar-refractivity contribution in [2.24, 2.45) is 0 Å². The highest BCUT2D eigenvalue weighted by molar-refractivity contribution is 9.10. The van der Waals surface area contributed by atoms with Crippen LogP contribution in [0.25, 0.3) is 6.08 Å². The maximum absolute atomic E-state index is 13.4. The van der Waals surface area contributed by atoms with Crippen LogP contribution in [0.3, 0.4) is 0 Å². The van der Waals surface area contributed by atoms with E-state index in [0.29, 0.717) is 32.8 Å². The van der Waals surface area contributed by atoms with E-state index in [-0.39, 0.29) is 18.0 Å². The van der Waals surface area contributed by atoms with Gasteiger partial charge in [-0.2, -0.15) is 5.26 Å². The maximum Gasteiger partial charge on any atom is 0.266 e. The number of nitrogens with zero attached hydrogens (tertiary/aromatic N) is 1. The predicted molar refractivity (Wildman–Crippen MR) is 120 cm³/mol. The van der Waals surface area contributed by atoms with Gasteiger partial charge in [0.25, 0.3) is 5.91 Å². The Morgan fingerprint density at radius 2 is 1.88 bits per heavy atom. The Balaban J connectivity index is 1.81. The number of anilines is 1. The van der Waals surface area contributed by atoms with Crippen LogP contribution < -0.4 is 14.8 Å². The molecule has 0 heterocycles. The number of benzene rings is 3. The first kappa shape index (κ1) is 23.0. The zero-order chi connectivity index (χ0) is 23.1. The highest BCUT2D eigenvalue weighted by Crippen LogP contribution is 2.37. The molecule has 8 heteroatoms. The average molecular weight is 499 g/mol. The van der Waals surface area contributed by atoms with Gasteiger partial charge in [0.1, 0.15) is 29.9 Å². The summed E-state index contributed by atoms with van der Waals surface area (Å²) in [7, 11) is 1.46. The summed E-state index contributed by atoms with van der Waals surface area (Å²) >= 11 is 3.41. The summed E-state index contributed by atoms with van der Waals surface area (Å²) < 4.78 is 38.1. The number of carbonyl (C=O) groups is 1. The van der Waals surface area contributed by atoms with E-state index < -0.39 is 11.7 Å². The lowest BCUT2D eigenvalue weighted by atomic mass is 10.1. The van der Waals surface area contributed by atoms with Crippen molar-refractivity contribution in [3.63, 3.8) is 0 Å². The molecule has 0 aliphatic rings. The first-order valence-corrected chi connectivity index (χ1v) is 10.1. The molecule has 3 aromatic carbocycles. The minimum atomic E-state index is -0.638. The Morgan fingerprint density at radius 1 is 1.12 bits per heavy atom. The largest absolute Gasteiger partial charge is 0.493 e. The molecule has 0 unspecified atom stereocenters. The van der Waals surface area contributed by atoms with Crippen LogP contribution in [0.2, 0.25) is 0 Å². The van der Waals surface area contributed by atoms with Crippen LogP contribution in [0.4, 0.5) is 14.5 Å². The van der Waals surface area contributed by atoms with E-state index in [2.05, 4.69) is 21.2 Å². The van der Waals surface area contributed by atoms with Gasteiger partial charge in [0.05, 0.1) is 11.6 Å². The second kappa shape index (κ2) is 10.6. The van der Waals surface area contributed by atoms with Gasteiger partial charge < -0.3 is 14.8 Å². The van der Waals surface area contributed by atoms with Crippen molar-refractivity contribution in [2.75, 3.05) is 12.4 Å². The maximum atomic E-state index is 13.4. The smallest absolute Gasteiger partial charge is 0.266 e. The molecule has 0 bridgehead atoms. The number of nitrogens with one attached hydrogen (secondary N) is 1. The first-order valence-electron chi connectivity index (χ1n) is 9.33. The normalized spacial score (nSPS) is 10.9. The molecule has 0 aromatic heterocycles. The Kier molecular flexibility index (Phi) is 7.58. The van der Waals surface area contributed by atoms with Gasteiger partial charge in [-0.1, -0.05) is 12.1 Å². The van der Waals surface area contributed by atoms with Gasteiger partial charge in [0.15, 0.2) is 11.5 Å². The zero-order valence-electron chi connectivity index (χ0n) is 16.9. The first-order chi connectivity index (χ1) is 15.4. The minimum absolute atomic E-state index is 0.116. The molecule has 0 radical (unpaired) electrons. The van der Waals surface area contributed by atoms with Crippen LogP contribution in [0, 0.1) is 23.0 Å². The lowest BCUT2D eigenvalue weighted by molar-refractivity contribution is -0.112. The van der Waals surface area contributed by atoms with Crippen LogP contribution in [-0.4, -0.2) is 13.0 Å². The summed E-state index contributed by atoms with van der Waals surface area (Å²) in [5.41, 5.74) is 1.36. The molecule has 0 aliphatic heterocycles. The van der Waals surface area contributed by atoms with Gasteiger partial charge in [0.2, 0.25) is 0 Å². The second-order valence-corrected chi connectivity index (χ2v) is 7.44. The molecular weight excluding hydrogens is 482 g/mol. The van der Waals surface area contributed by atoms with Crippen molar-refractivity contribution in [1.29, 1.82) is 5.26 Å². The second-order valence-electron chi connectivity index (χ2n) is 6.58. The van der Waals surface area contributed by atoms with Crippen molar-refractivity contribution in [3.05, 3.63) is 93.5 Å². The van der Waals surface area contributed by atoms with Crippen molar-refractivity contribution in [1.82, 2.24) is 0 Å². The van der Waals surface area contributed by atoms with Crippen LogP contribution in [-0.2, 0) is 11.4 Å². The number of halogens is 3. The number of amides is 1. The standard InChI is InChI=1S/C24H17BrF2N2O3/c1-31-22-12-16(9-17(13-28)24(30)29-20-7-5-18(26)6-8-20)11-21(25)23(22)32-14-15-3-2-4-19(27)10-15/h2-12H,14H2,1H3,(H,29,30)/b17-9+. The van der Waals surface area contributed by atoms with Gasteiger partial charge in [-0.05, 0) is 81.7 Å². The number of ether oxygens (including phenoxy) is 2. The third kappa shape index (κ3) is 5.93. The predicted octanol–water partition coefficient (Wildman–Crippen LogP) is 5.86. The van der Waals surface area contributed by atoms with Gasteiger partial charge in [-0.25, -0.2) is 8.78 Å². The third-order valence-corrected chi connectivity index (χ3v) is 4.89. The fourth-order valence-corrected chi connectivity index (χ4v) is 3.37. The summed E-state index contributed by atoms with van der Waals surface area (Å²) in [5, 5.41) is 12.0. The summed E-state index contributed by atoms with van der Waals surface area (Å²) in [6, 6.07) is 16.4. The topological polar surface area (TPSA) is 71.3 Å². The van der Waals surface area contributed by atoms with Crippen molar-refractivity contribution in [2.45, 2.75) is 6.61 Å². The van der Waals surface area contributed by atoms with E-state index in [1.54, 1.807) is 24.3 Å². The molecular formula is C24H17BrF2N2O3. The summed E-state index contributed by atoms with van der Waals surface area (Å²) in [5.74, 6) is -0.682. The van der Waals surface area contributed by atoms with Gasteiger partial charge in [-0.3, -0.25) is 4.79 Å². The molecule has 1 amide bonds. The number of nitriles is 1. The SMILES string of the molecule is COc1cc(/C=C(\C#N)C(=O)Nc2ccc(F)cc2)cc(Br)c1OCc1cccc(F)c1. The lowest BCUT2D eigenvalue weighted by Crippen LogP contribution is -2.13. The van der Waals surface area contributed by atoms with Crippen molar-refractivity contribution >= 4 is 33.6 Å². The van der Waals surface area contributed by atoms with Crippen LogP contribution in [0.15, 0.2) is 70.7 Å². The Labute approximate surface area is 192 Å². The van der Waals surface area contributed by atoms with E-state index in [1.807, 2.05) is 6.07 Å². The minimum Gasteiger partial charge on any atom is -0.493 e. The molecule has 0 atom stereocenters. The van der Waals surface area contributed by atoms with E-state index in [4.69, 9.17) is 9.47 Å². The molecule has 0 saturated heterocycles. The van der Waals surface area contributed by atoms with Gasteiger partial charge in [0, 0.05) is 5.69 Å². The number of hydrogen-bond acceptors (Lipinski definition) is 4. The monoisotopic (exact) mass is 498 g/mol. The quantitative estimate of drug-likeness (QED) is 0.327. The lowest BCUT2D eigenvalue weighted by Gasteiger charge is -2.14. The molecule has 32 heavy (non-hydrogen) atoms. The fourth-order valence-electron chi connectivity index (χ4n) is 2.79. The summed E-state index contributed by atoms with van der Waals surface area (Å²) in [4.78, 5) is 12.4. The number of methoxy groups -OCH3 is 1. The zero-order valence-corrected chi connectivity index (χ0v) is 18.4. The Hall–Kier alpha value is -3.70. The van der Waals surface area contributed by atoms with Crippen LogP contribution >= 0.6 is 15.9 Å². The van der Waals surface area contributed by atoms with Crippen LogP contribution in [0.1, 0.15) is 11.1 Å². The molecule has 162 valence electrons. The Morgan fingerprint density at radius 3 is 2.53 bits per heavy atom. The molecule has 0 fully saturated rings. The van der Waals surface area contributed by atoms with E-state index in [0.717, 1.165) is 0 Å². The number of carbonyl (C=O) groups excluding carboxylic acids is 1. The summed E-state index contributed by atoms with van der Waals surface area (Å²) in [6.45, 7) is 0.116. The summed E-state index contributed by atoms with van der Waals surface area (Å²) in [6.07, 6.45) is 1.39. The molecule has 1 N–H and O–H groups in total. The third-order valence-electron chi connectivity index (χ3n) is 4.30. The number of hydrogen-bond donors (Lipinski definition) is 1. The highest BCUT2D eigenvalue weighted by atomic mass is 79.9. The van der Waals surface area contributed by atoms with E-state index >= 15 is 0 Å². The van der Waals surface area contributed by atoms with Gasteiger partial charge in [-0.15, -0.1) is 0 Å². The fraction of sp³-hybridized carbons (Fsp3) is 0.0833. The Bertz CT molecular complexity index is 1200. The average Bonchev–Trinajstić information content (AvgIpc) is 2.77. The van der Waals surface area contributed by atoms with Crippen LogP contribution in [0.5, 0.6) is 11.5 Å². The molecule has 3 aromatic rings. The molecule has 3 rings (SSSR count). The van der Waals surface area contributed by atoms with Crippen molar-refractivity contribution < 1.29 is 23.0 Å². The molecule has 0 spiro atoms. The number of rotatable bonds is 7. The molecule has 0 saturated carbocycles. The molecule has 5 nitrogen and oxygen atoms in total. The van der Waals surface area contributed by atoms with E-state index in [1.165, 1.54) is 49.6 Å². The van der Waals surface area contributed by atoms with Gasteiger partial charge >= 0.3 is 0 Å². The highest BCUT2D eigenvalue weighted by Gasteiger charge is 2.14. The van der Waals surface area contributed by atoms with E-state index in [9.17, 15) is 18.8 Å². The molecule has 0 aliphatic carbocycles.